The van der Waals surface area contributed by atoms with Gasteiger partial charge >= 0.3 is 0 Å². The molecule has 0 saturated carbocycles. The van der Waals surface area contributed by atoms with E-state index in [0.29, 0.717) is 29.3 Å². The third kappa shape index (κ3) is 3.59. The number of pyridine rings is 1. The summed E-state index contributed by atoms with van der Waals surface area (Å²) in [5, 5.41) is 1.02. The zero-order valence-electron chi connectivity index (χ0n) is 10.8. The van der Waals surface area contributed by atoms with Gasteiger partial charge in [0, 0.05) is 19.1 Å². The molecule has 2 heterocycles. The molecule has 2 atom stereocenters. The van der Waals surface area contributed by atoms with E-state index in [4.69, 9.17) is 28.9 Å². The standard InChI is InChI=1S/C13H17Cl2N3O/c1-8-2-3-9(13(16)19)6-18(8)7-11-10(14)4-5-12(15)17-11/h4-5,8-9H,2-3,6-7H2,1H3,(H2,16,19). The number of amides is 1. The lowest BCUT2D eigenvalue weighted by atomic mass is 9.93. The molecule has 19 heavy (non-hydrogen) atoms. The highest BCUT2D eigenvalue weighted by Gasteiger charge is 2.29. The number of piperidine rings is 1. The van der Waals surface area contributed by atoms with Crippen LogP contribution in [0.3, 0.4) is 0 Å². The Bertz CT molecular complexity index is 481. The Labute approximate surface area is 122 Å². The SMILES string of the molecule is CC1CCC(C(N)=O)CN1Cc1nc(Cl)ccc1Cl. The molecule has 0 aliphatic carbocycles. The highest BCUT2D eigenvalue weighted by Crippen LogP contribution is 2.25. The van der Waals surface area contributed by atoms with Gasteiger partial charge in [-0.15, -0.1) is 0 Å². The third-order valence-corrected chi connectivity index (χ3v) is 4.21. The van der Waals surface area contributed by atoms with Crippen molar-refractivity contribution in [3.8, 4) is 0 Å². The normalized spacial score (nSPS) is 24.4. The van der Waals surface area contributed by atoms with E-state index in [1.165, 1.54) is 0 Å². The van der Waals surface area contributed by atoms with Crippen molar-refractivity contribution in [1.29, 1.82) is 0 Å². The molecule has 1 saturated heterocycles. The molecule has 0 radical (unpaired) electrons. The molecular weight excluding hydrogens is 285 g/mol. The molecule has 2 unspecified atom stereocenters. The van der Waals surface area contributed by atoms with E-state index in [2.05, 4.69) is 16.8 Å². The molecule has 0 aromatic carbocycles. The van der Waals surface area contributed by atoms with Crippen molar-refractivity contribution in [3.63, 3.8) is 0 Å². The Balaban J connectivity index is 2.12. The monoisotopic (exact) mass is 301 g/mol. The molecule has 104 valence electrons. The minimum atomic E-state index is -0.234. The van der Waals surface area contributed by atoms with Crippen molar-refractivity contribution in [2.45, 2.75) is 32.4 Å². The van der Waals surface area contributed by atoms with Crippen LogP contribution in [0, 0.1) is 5.92 Å². The number of hydrogen-bond acceptors (Lipinski definition) is 3. The van der Waals surface area contributed by atoms with Crippen LogP contribution in [0.2, 0.25) is 10.2 Å². The molecule has 1 fully saturated rings. The first-order valence-electron chi connectivity index (χ1n) is 6.31. The van der Waals surface area contributed by atoms with Crippen LogP contribution in [0.4, 0.5) is 0 Å². The Morgan fingerprint density at radius 1 is 1.47 bits per heavy atom. The molecular formula is C13H17Cl2N3O. The predicted octanol–water partition coefficient (Wildman–Crippen LogP) is 2.47. The average molecular weight is 302 g/mol. The quantitative estimate of drug-likeness (QED) is 0.873. The summed E-state index contributed by atoms with van der Waals surface area (Å²) in [6.07, 6.45) is 1.80. The van der Waals surface area contributed by atoms with Crippen molar-refractivity contribution in [2.75, 3.05) is 6.54 Å². The lowest BCUT2D eigenvalue weighted by molar-refractivity contribution is -0.124. The van der Waals surface area contributed by atoms with E-state index in [9.17, 15) is 4.79 Å². The second-order valence-electron chi connectivity index (χ2n) is 5.02. The van der Waals surface area contributed by atoms with Gasteiger partial charge in [-0.05, 0) is 31.9 Å². The van der Waals surface area contributed by atoms with Gasteiger partial charge in [0.1, 0.15) is 5.15 Å². The fourth-order valence-corrected chi connectivity index (χ4v) is 2.72. The fraction of sp³-hybridized carbons (Fsp3) is 0.538. The smallest absolute Gasteiger partial charge is 0.221 e. The first-order valence-corrected chi connectivity index (χ1v) is 7.07. The predicted molar refractivity (Wildman–Crippen MR) is 76.0 cm³/mol. The van der Waals surface area contributed by atoms with E-state index in [-0.39, 0.29) is 11.8 Å². The molecule has 2 N–H and O–H groups in total. The largest absolute Gasteiger partial charge is 0.369 e. The van der Waals surface area contributed by atoms with Gasteiger partial charge in [0.05, 0.1) is 16.6 Å². The van der Waals surface area contributed by atoms with Crippen molar-refractivity contribution in [1.82, 2.24) is 9.88 Å². The Morgan fingerprint density at radius 3 is 2.89 bits per heavy atom. The summed E-state index contributed by atoms with van der Waals surface area (Å²) >= 11 is 12.0. The maximum absolute atomic E-state index is 11.3. The van der Waals surface area contributed by atoms with Crippen LogP contribution in [0.5, 0.6) is 0 Å². The summed E-state index contributed by atoms with van der Waals surface area (Å²) in [6.45, 7) is 3.38. The number of nitrogens with zero attached hydrogens (tertiary/aromatic N) is 2. The molecule has 1 aromatic rings. The van der Waals surface area contributed by atoms with Crippen molar-refractivity contribution in [3.05, 3.63) is 28.0 Å². The summed E-state index contributed by atoms with van der Waals surface area (Å²) in [5.74, 6) is -0.323. The van der Waals surface area contributed by atoms with E-state index < -0.39 is 0 Å². The number of nitrogens with two attached hydrogens (primary N) is 1. The number of rotatable bonds is 3. The van der Waals surface area contributed by atoms with Gasteiger partial charge < -0.3 is 5.73 Å². The number of carbonyl (C=O) groups is 1. The van der Waals surface area contributed by atoms with E-state index >= 15 is 0 Å². The molecule has 1 amide bonds. The molecule has 1 aliphatic heterocycles. The van der Waals surface area contributed by atoms with Crippen LogP contribution >= 0.6 is 23.2 Å². The van der Waals surface area contributed by atoms with Gasteiger partial charge in [-0.1, -0.05) is 23.2 Å². The van der Waals surface area contributed by atoms with Crippen LogP contribution < -0.4 is 5.73 Å². The summed E-state index contributed by atoms with van der Waals surface area (Å²) in [6, 6.07) is 3.79. The van der Waals surface area contributed by atoms with Gasteiger partial charge in [-0.25, -0.2) is 4.98 Å². The Morgan fingerprint density at radius 2 is 2.21 bits per heavy atom. The Kier molecular flexibility index (Phi) is 4.66. The summed E-state index contributed by atoms with van der Waals surface area (Å²) in [4.78, 5) is 17.7. The van der Waals surface area contributed by atoms with Gasteiger partial charge in [0.25, 0.3) is 0 Å². The van der Waals surface area contributed by atoms with Crippen molar-refractivity contribution < 1.29 is 4.79 Å². The lowest BCUT2D eigenvalue weighted by Crippen LogP contribution is -2.45. The minimum Gasteiger partial charge on any atom is -0.369 e. The summed E-state index contributed by atoms with van der Waals surface area (Å²) < 4.78 is 0. The van der Waals surface area contributed by atoms with E-state index in [1.807, 2.05) is 0 Å². The molecule has 0 bridgehead atoms. The summed E-state index contributed by atoms with van der Waals surface area (Å²) in [7, 11) is 0. The molecule has 1 aliphatic rings. The number of hydrogen-bond donors (Lipinski definition) is 1. The summed E-state index contributed by atoms with van der Waals surface area (Å²) in [5.41, 5.74) is 6.14. The van der Waals surface area contributed by atoms with Gasteiger partial charge in [0.15, 0.2) is 0 Å². The highest BCUT2D eigenvalue weighted by atomic mass is 35.5. The Hall–Kier alpha value is -0.840. The topological polar surface area (TPSA) is 59.2 Å². The zero-order chi connectivity index (χ0) is 14.0. The number of halogens is 2. The second-order valence-corrected chi connectivity index (χ2v) is 5.81. The minimum absolute atomic E-state index is 0.0887. The van der Waals surface area contributed by atoms with Crippen molar-refractivity contribution >= 4 is 29.1 Å². The van der Waals surface area contributed by atoms with Gasteiger partial charge in [0.2, 0.25) is 5.91 Å². The van der Waals surface area contributed by atoms with Crippen molar-refractivity contribution in [2.24, 2.45) is 11.7 Å². The zero-order valence-corrected chi connectivity index (χ0v) is 12.3. The van der Waals surface area contributed by atoms with Crippen LogP contribution in [-0.4, -0.2) is 28.4 Å². The van der Waals surface area contributed by atoms with E-state index in [1.54, 1.807) is 12.1 Å². The van der Waals surface area contributed by atoms with Crippen LogP contribution in [-0.2, 0) is 11.3 Å². The van der Waals surface area contributed by atoms with E-state index in [0.717, 1.165) is 18.5 Å². The second kappa shape index (κ2) is 6.07. The average Bonchev–Trinajstić information content (AvgIpc) is 2.36. The number of carbonyl (C=O) groups excluding carboxylic acids is 1. The first kappa shape index (κ1) is 14.6. The third-order valence-electron chi connectivity index (χ3n) is 3.65. The van der Waals surface area contributed by atoms with Gasteiger partial charge in [-0.2, -0.15) is 0 Å². The lowest BCUT2D eigenvalue weighted by Gasteiger charge is -2.36. The van der Waals surface area contributed by atoms with Gasteiger partial charge in [-0.3, -0.25) is 9.69 Å². The first-order chi connectivity index (χ1) is 8.97. The number of aromatic nitrogens is 1. The number of likely N-dealkylation sites (tertiary alicyclic amines) is 1. The highest BCUT2D eigenvalue weighted by molar-refractivity contribution is 6.32. The maximum atomic E-state index is 11.3. The van der Waals surface area contributed by atoms with Crippen LogP contribution in [0.15, 0.2) is 12.1 Å². The molecule has 1 aromatic heterocycles. The fourth-order valence-electron chi connectivity index (χ4n) is 2.39. The molecule has 4 nitrogen and oxygen atoms in total. The van der Waals surface area contributed by atoms with Crippen LogP contribution in [0.1, 0.15) is 25.5 Å². The molecule has 0 spiro atoms. The maximum Gasteiger partial charge on any atom is 0.221 e. The van der Waals surface area contributed by atoms with Crippen LogP contribution in [0.25, 0.3) is 0 Å². The number of primary amides is 1. The molecule has 6 heteroatoms. The molecule has 2 rings (SSSR count).